The monoisotopic (exact) mass is 562 g/mol. The third-order valence-electron chi connectivity index (χ3n) is 7.16. The molecular formula is C30H58O9. The first kappa shape index (κ1) is 34.8. The second-order valence-corrected chi connectivity index (χ2v) is 10.6. The van der Waals surface area contributed by atoms with E-state index >= 15 is 0 Å². The lowest BCUT2D eigenvalue weighted by Gasteiger charge is -2.46. The zero-order chi connectivity index (χ0) is 28.3. The molecule has 2 fully saturated rings. The minimum atomic E-state index is -1.11. The topological polar surface area (TPSA) is 94.1 Å². The average molecular weight is 563 g/mol. The van der Waals surface area contributed by atoms with Gasteiger partial charge in [-0.15, -0.1) is 0 Å². The minimum absolute atomic E-state index is 0.219. The normalized spacial score (nSPS) is 31.5. The van der Waals surface area contributed by atoms with Crippen LogP contribution in [-0.2, 0) is 37.9 Å². The molecule has 0 aromatic heterocycles. The van der Waals surface area contributed by atoms with Gasteiger partial charge in [0.2, 0.25) is 0 Å². The summed E-state index contributed by atoms with van der Waals surface area (Å²) in [6.07, 6.45) is 5.23. The molecule has 2 rings (SSSR count). The Morgan fingerprint density at radius 3 is 1.44 bits per heavy atom. The molecule has 2 aliphatic rings. The summed E-state index contributed by atoms with van der Waals surface area (Å²) in [4.78, 5) is 0. The van der Waals surface area contributed by atoms with Crippen molar-refractivity contribution in [2.75, 3.05) is 46.2 Å². The van der Waals surface area contributed by atoms with Gasteiger partial charge in [-0.25, -0.2) is 0 Å². The van der Waals surface area contributed by atoms with Gasteiger partial charge in [0.15, 0.2) is 12.6 Å². The second kappa shape index (κ2) is 21.4. The van der Waals surface area contributed by atoms with Crippen LogP contribution >= 0.6 is 0 Å². The fourth-order valence-electron chi connectivity index (χ4n) is 4.63. The highest BCUT2D eigenvalue weighted by atomic mass is 16.7. The third kappa shape index (κ3) is 12.2. The first-order chi connectivity index (χ1) is 19.1. The van der Waals surface area contributed by atoms with Crippen LogP contribution in [0.15, 0.2) is 0 Å². The Bertz CT molecular complexity index is 581. The molecule has 0 spiro atoms. The van der Waals surface area contributed by atoms with E-state index in [1.807, 2.05) is 0 Å². The second-order valence-electron chi connectivity index (χ2n) is 10.6. The standard InChI is InChI=1S/C30H58O9/c1-6-11-16-32-23-22-38-30(28(36-20-15-10-5)25(23)34-18-13-8-3)39-26-24(33-17-12-7-2)21-37-29(31)27(26)35-19-14-9-4/h23-31H,6-22H2,1-5H3/t23-,24+,25?,26?,27?,28?,29+,30-/m0/s1. The molecular weight excluding hydrogens is 504 g/mol. The van der Waals surface area contributed by atoms with Crippen molar-refractivity contribution in [2.45, 2.75) is 148 Å². The Labute approximate surface area is 237 Å². The first-order valence-corrected chi connectivity index (χ1v) is 15.8. The van der Waals surface area contributed by atoms with Crippen molar-refractivity contribution < 1.29 is 43.0 Å². The Morgan fingerprint density at radius 2 is 0.923 bits per heavy atom. The fraction of sp³-hybridized carbons (Fsp3) is 1.00. The van der Waals surface area contributed by atoms with Gasteiger partial charge in [0.1, 0.15) is 36.6 Å². The largest absolute Gasteiger partial charge is 0.373 e. The molecule has 1 N–H and O–H groups in total. The number of hydrogen-bond donors (Lipinski definition) is 1. The lowest BCUT2D eigenvalue weighted by atomic mass is 10.0. The predicted octanol–water partition coefficient (Wildman–Crippen LogP) is 5.00. The molecule has 2 aliphatic heterocycles. The van der Waals surface area contributed by atoms with Crippen LogP contribution in [0.2, 0.25) is 0 Å². The van der Waals surface area contributed by atoms with Gasteiger partial charge >= 0.3 is 0 Å². The van der Waals surface area contributed by atoms with Crippen molar-refractivity contribution in [3.63, 3.8) is 0 Å². The fourth-order valence-corrected chi connectivity index (χ4v) is 4.63. The maximum absolute atomic E-state index is 10.8. The molecule has 2 saturated heterocycles. The molecule has 0 amide bonds. The summed E-state index contributed by atoms with van der Waals surface area (Å²) in [5, 5.41) is 10.8. The van der Waals surface area contributed by atoms with Crippen LogP contribution in [0.3, 0.4) is 0 Å². The Hall–Kier alpha value is -0.360. The molecule has 0 saturated carbocycles. The molecule has 2 heterocycles. The lowest BCUT2D eigenvalue weighted by Crippen LogP contribution is -2.62. The van der Waals surface area contributed by atoms with Crippen LogP contribution in [0.5, 0.6) is 0 Å². The van der Waals surface area contributed by atoms with Crippen molar-refractivity contribution >= 4 is 0 Å². The number of ether oxygens (including phenoxy) is 8. The van der Waals surface area contributed by atoms with Crippen LogP contribution < -0.4 is 0 Å². The molecule has 232 valence electrons. The van der Waals surface area contributed by atoms with Crippen molar-refractivity contribution in [2.24, 2.45) is 0 Å². The highest BCUT2D eigenvalue weighted by molar-refractivity contribution is 4.92. The first-order valence-electron chi connectivity index (χ1n) is 15.8. The van der Waals surface area contributed by atoms with Crippen molar-refractivity contribution in [3.05, 3.63) is 0 Å². The Kier molecular flexibility index (Phi) is 19.1. The molecule has 0 aromatic carbocycles. The molecule has 8 atom stereocenters. The van der Waals surface area contributed by atoms with Gasteiger partial charge in [-0.05, 0) is 32.1 Å². The number of rotatable bonds is 22. The molecule has 39 heavy (non-hydrogen) atoms. The summed E-state index contributed by atoms with van der Waals surface area (Å²) in [6, 6.07) is 0. The number of aliphatic hydroxyl groups excluding tert-OH is 1. The molecule has 0 bridgehead atoms. The third-order valence-corrected chi connectivity index (χ3v) is 7.16. The van der Waals surface area contributed by atoms with Crippen LogP contribution in [0, 0.1) is 0 Å². The molecule has 0 aliphatic carbocycles. The quantitative estimate of drug-likeness (QED) is 0.183. The SMILES string of the molecule is CCCCOC1C(OCCCC)[C@@H](OCCCC)CO[C@H]1OC1C(OCCCC)[C@H](O)OC[C@H]1OCCCC. The van der Waals surface area contributed by atoms with E-state index in [0.29, 0.717) is 39.6 Å². The number of unbranched alkanes of at least 4 members (excludes halogenated alkanes) is 5. The molecule has 9 heteroatoms. The van der Waals surface area contributed by atoms with Crippen molar-refractivity contribution in [1.82, 2.24) is 0 Å². The van der Waals surface area contributed by atoms with E-state index in [4.69, 9.17) is 37.9 Å². The average Bonchev–Trinajstić information content (AvgIpc) is 2.93. The van der Waals surface area contributed by atoms with E-state index in [2.05, 4.69) is 34.6 Å². The van der Waals surface area contributed by atoms with E-state index in [-0.39, 0.29) is 18.8 Å². The highest BCUT2D eigenvalue weighted by Crippen LogP contribution is 2.31. The maximum Gasteiger partial charge on any atom is 0.187 e. The van der Waals surface area contributed by atoms with Gasteiger partial charge < -0.3 is 43.0 Å². The molecule has 0 radical (unpaired) electrons. The van der Waals surface area contributed by atoms with Crippen molar-refractivity contribution in [1.29, 1.82) is 0 Å². The summed E-state index contributed by atoms with van der Waals surface area (Å²) >= 11 is 0. The molecule has 4 unspecified atom stereocenters. The smallest absolute Gasteiger partial charge is 0.187 e. The lowest BCUT2D eigenvalue weighted by molar-refractivity contribution is -0.346. The van der Waals surface area contributed by atoms with E-state index < -0.39 is 37.0 Å². The minimum Gasteiger partial charge on any atom is -0.373 e. The zero-order valence-corrected chi connectivity index (χ0v) is 25.4. The highest BCUT2D eigenvalue weighted by Gasteiger charge is 2.49. The van der Waals surface area contributed by atoms with E-state index in [1.165, 1.54) is 0 Å². The summed E-state index contributed by atoms with van der Waals surface area (Å²) in [6.45, 7) is 14.2. The maximum atomic E-state index is 10.8. The van der Waals surface area contributed by atoms with E-state index in [9.17, 15) is 5.11 Å². The summed E-state index contributed by atoms with van der Waals surface area (Å²) in [5.41, 5.74) is 0. The van der Waals surface area contributed by atoms with Gasteiger partial charge in [-0.2, -0.15) is 0 Å². The number of hydrogen-bond acceptors (Lipinski definition) is 9. The predicted molar refractivity (Wildman–Crippen MR) is 150 cm³/mol. The summed E-state index contributed by atoms with van der Waals surface area (Å²) in [7, 11) is 0. The van der Waals surface area contributed by atoms with E-state index in [1.54, 1.807) is 0 Å². The zero-order valence-electron chi connectivity index (χ0n) is 25.4. The van der Waals surface area contributed by atoms with Crippen LogP contribution in [0.4, 0.5) is 0 Å². The van der Waals surface area contributed by atoms with Gasteiger partial charge in [0.25, 0.3) is 0 Å². The van der Waals surface area contributed by atoms with Crippen LogP contribution in [0.25, 0.3) is 0 Å². The molecule has 0 aromatic rings. The Morgan fingerprint density at radius 1 is 0.513 bits per heavy atom. The van der Waals surface area contributed by atoms with E-state index in [0.717, 1.165) is 64.2 Å². The van der Waals surface area contributed by atoms with Crippen LogP contribution in [-0.4, -0.2) is 101 Å². The summed E-state index contributed by atoms with van der Waals surface area (Å²) in [5.74, 6) is 0. The molecule has 9 nitrogen and oxygen atoms in total. The Balaban J connectivity index is 2.27. The van der Waals surface area contributed by atoms with Gasteiger partial charge in [0, 0.05) is 33.0 Å². The summed E-state index contributed by atoms with van der Waals surface area (Å²) < 4.78 is 50.0. The van der Waals surface area contributed by atoms with Crippen LogP contribution in [0.1, 0.15) is 98.8 Å². The van der Waals surface area contributed by atoms with Gasteiger partial charge in [-0.1, -0.05) is 66.7 Å². The van der Waals surface area contributed by atoms with Gasteiger partial charge in [0.05, 0.1) is 13.2 Å². The van der Waals surface area contributed by atoms with Crippen molar-refractivity contribution in [3.8, 4) is 0 Å². The van der Waals surface area contributed by atoms with Gasteiger partial charge in [-0.3, -0.25) is 0 Å². The number of aliphatic hydroxyl groups is 1.